The van der Waals surface area contributed by atoms with Crippen molar-refractivity contribution in [1.82, 2.24) is 15.0 Å². The van der Waals surface area contributed by atoms with E-state index in [1.54, 1.807) is 6.92 Å². The molecule has 1 aromatic heterocycles. The van der Waals surface area contributed by atoms with Crippen molar-refractivity contribution in [1.29, 1.82) is 0 Å². The third kappa shape index (κ3) is 3.58. The van der Waals surface area contributed by atoms with Crippen LogP contribution in [0.25, 0.3) is 0 Å². The first-order chi connectivity index (χ1) is 12.4. The first kappa shape index (κ1) is 18.0. The zero-order valence-electron chi connectivity index (χ0n) is 15.0. The third-order valence-corrected chi connectivity index (χ3v) is 4.30. The summed E-state index contributed by atoms with van der Waals surface area (Å²) in [5, 5.41) is 3.90. The zero-order valence-corrected chi connectivity index (χ0v) is 15.0. The summed E-state index contributed by atoms with van der Waals surface area (Å²) >= 11 is 0. The Morgan fingerprint density at radius 2 is 1.92 bits per heavy atom. The second-order valence-corrected chi connectivity index (χ2v) is 6.77. The number of nitrogens with zero attached hydrogens (tertiary/aromatic N) is 4. The van der Waals surface area contributed by atoms with E-state index in [1.807, 2.05) is 0 Å². The van der Waals surface area contributed by atoms with Gasteiger partial charge in [-0.05, 0) is 43.5 Å². The summed E-state index contributed by atoms with van der Waals surface area (Å²) in [5.74, 6) is 0.538. The van der Waals surface area contributed by atoms with E-state index in [2.05, 4.69) is 24.0 Å². The van der Waals surface area contributed by atoms with Gasteiger partial charge in [-0.3, -0.25) is 14.6 Å². The summed E-state index contributed by atoms with van der Waals surface area (Å²) in [6.45, 7) is 5.77. The number of aryl methyl sites for hydroxylation is 1. The van der Waals surface area contributed by atoms with Crippen LogP contribution < -0.4 is 4.90 Å². The van der Waals surface area contributed by atoms with Crippen molar-refractivity contribution >= 4 is 17.6 Å². The topological polar surface area (TPSA) is 79.5 Å². The van der Waals surface area contributed by atoms with E-state index >= 15 is 0 Å². The summed E-state index contributed by atoms with van der Waals surface area (Å²) in [6.07, 6.45) is 1.61. The highest BCUT2D eigenvalue weighted by molar-refractivity contribution is 6.13. The molecule has 3 rings (SSSR count). The molecule has 3 amide bonds. The largest absolute Gasteiger partial charge is 0.337 e. The van der Waals surface area contributed by atoms with E-state index in [4.69, 9.17) is 4.52 Å². The maximum atomic E-state index is 13.1. The molecule has 0 aliphatic carbocycles. The summed E-state index contributed by atoms with van der Waals surface area (Å²) < 4.78 is 18.3. The standard InChI is InChI=1S/C18H21FN4O3/c1-11(2)4-9-15-20-16(26-21-15)10-22-17(24)12(3)23(18(22)25)14-7-5-13(19)6-8-14/h5-8,11-12H,4,9-10H2,1-3H3. The van der Waals surface area contributed by atoms with Gasteiger partial charge in [0.05, 0.1) is 0 Å². The van der Waals surface area contributed by atoms with E-state index in [1.165, 1.54) is 29.2 Å². The van der Waals surface area contributed by atoms with Crippen molar-refractivity contribution in [2.45, 2.75) is 46.2 Å². The number of urea groups is 1. The number of halogens is 1. The Balaban J connectivity index is 1.73. The highest BCUT2D eigenvalue weighted by Gasteiger charge is 2.44. The monoisotopic (exact) mass is 360 g/mol. The van der Waals surface area contributed by atoms with Gasteiger partial charge in [-0.25, -0.2) is 9.18 Å². The Morgan fingerprint density at radius 1 is 1.23 bits per heavy atom. The Kier molecular flexibility index (Phi) is 5.01. The first-order valence-corrected chi connectivity index (χ1v) is 8.58. The smallest absolute Gasteiger partial charge is 0.332 e. The Morgan fingerprint density at radius 3 is 2.58 bits per heavy atom. The van der Waals surface area contributed by atoms with Crippen LogP contribution in [0.3, 0.4) is 0 Å². The first-order valence-electron chi connectivity index (χ1n) is 8.58. The lowest BCUT2D eigenvalue weighted by atomic mass is 10.1. The number of aromatic nitrogens is 2. The number of hydrogen-bond donors (Lipinski definition) is 0. The van der Waals surface area contributed by atoms with E-state index < -0.39 is 17.9 Å². The Bertz CT molecular complexity index is 803. The molecule has 1 atom stereocenters. The number of anilines is 1. The van der Waals surface area contributed by atoms with E-state index in [0.29, 0.717) is 23.9 Å². The van der Waals surface area contributed by atoms with Crippen LogP contribution in [0.1, 0.15) is 38.9 Å². The van der Waals surface area contributed by atoms with Gasteiger partial charge in [0.2, 0.25) is 5.89 Å². The molecular weight excluding hydrogens is 339 g/mol. The molecule has 8 heteroatoms. The SMILES string of the molecule is CC(C)CCc1noc(CN2C(=O)C(C)N(c3ccc(F)cc3)C2=O)n1. The number of rotatable bonds is 6. The van der Waals surface area contributed by atoms with Crippen molar-refractivity contribution in [3.63, 3.8) is 0 Å². The van der Waals surface area contributed by atoms with Crippen LogP contribution in [0.5, 0.6) is 0 Å². The maximum absolute atomic E-state index is 13.1. The molecule has 0 bridgehead atoms. The van der Waals surface area contributed by atoms with Gasteiger partial charge in [0.1, 0.15) is 18.4 Å². The van der Waals surface area contributed by atoms with Gasteiger partial charge in [0.25, 0.3) is 5.91 Å². The lowest BCUT2D eigenvalue weighted by Crippen LogP contribution is -2.33. The molecule has 1 unspecified atom stereocenters. The van der Waals surface area contributed by atoms with Crippen LogP contribution in [0.15, 0.2) is 28.8 Å². The number of hydrogen-bond acceptors (Lipinski definition) is 5. The molecule has 138 valence electrons. The molecule has 1 aliphatic rings. The van der Waals surface area contributed by atoms with Crippen LogP contribution in [-0.2, 0) is 17.8 Å². The molecule has 26 heavy (non-hydrogen) atoms. The summed E-state index contributed by atoms with van der Waals surface area (Å²) in [6, 6.07) is 4.27. The molecule has 0 saturated carbocycles. The van der Waals surface area contributed by atoms with Crippen LogP contribution >= 0.6 is 0 Å². The average Bonchev–Trinajstić information content (AvgIpc) is 3.13. The predicted molar refractivity (Wildman–Crippen MR) is 91.7 cm³/mol. The summed E-state index contributed by atoms with van der Waals surface area (Å²) in [4.78, 5) is 31.8. The normalized spacial score (nSPS) is 17.7. The minimum atomic E-state index is -0.684. The van der Waals surface area contributed by atoms with Gasteiger partial charge in [0, 0.05) is 12.1 Å². The van der Waals surface area contributed by atoms with Crippen molar-refractivity contribution in [3.05, 3.63) is 41.8 Å². The zero-order chi connectivity index (χ0) is 18.8. The van der Waals surface area contributed by atoms with E-state index in [9.17, 15) is 14.0 Å². The van der Waals surface area contributed by atoms with Gasteiger partial charge in [-0.1, -0.05) is 19.0 Å². The van der Waals surface area contributed by atoms with Gasteiger partial charge in [-0.15, -0.1) is 0 Å². The van der Waals surface area contributed by atoms with Crippen LogP contribution in [0, 0.1) is 11.7 Å². The van der Waals surface area contributed by atoms with Crippen LogP contribution in [0.4, 0.5) is 14.9 Å². The number of amides is 3. The lowest BCUT2D eigenvalue weighted by molar-refractivity contribution is -0.127. The van der Waals surface area contributed by atoms with Crippen molar-refractivity contribution < 1.29 is 18.5 Å². The Hall–Kier alpha value is -2.77. The van der Waals surface area contributed by atoms with Crippen molar-refractivity contribution in [2.75, 3.05) is 4.90 Å². The van der Waals surface area contributed by atoms with Gasteiger partial charge < -0.3 is 4.52 Å². The second-order valence-electron chi connectivity index (χ2n) is 6.77. The third-order valence-electron chi connectivity index (χ3n) is 4.30. The fraction of sp³-hybridized carbons (Fsp3) is 0.444. The lowest BCUT2D eigenvalue weighted by Gasteiger charge is -2.18. The molecule has 7 nitrogen and oxygen atoms in total. The van der Waals surface area contributed by atoms with Crippen LogP contribution in [-0.4, -0.2) is 33.0 Å². The number of imide groups is 1. The van der Waals surface area contributed by atoms with Gasteiger partial charge in [0.15, 0.2) is 5.82 Å². The molecule has 2 aromatic rings. The van der Waals surface area contributed by atoms with Crippen LogP contribution in [0.2, 0.25) is 0 Å². The number of benzene rings is 1. The highest BCUT2D eigenvalue weighted by atomic mass is 19.1. The fourth-order valence-corrected chi connectivity index (χ4v) is 2.82. The highest BCUT2D eigenvalue weighted by Crippen LogP contribution is 2.27. The van der Waals surface area contributed by atoms with Crippen molar-refractivity contribution in [2.24, 2.45) is 5.92 Å². The molecule has 2 heterocycles. The molecule has 0 spiro atoms. The van der Waals surface area contributed by atoms with E-state index in [-0.39, 0.29) is 18.3 Å². The molecule has 1 aromatic carbocycles. The summed E-state index contributed by atoms with van der Waals surface area (Å²) in [5.41, 5.74) is 0.461. The molecule has 0 N–H and O–H groups in total. The predicted octanol–water partition coefficient (Wildman–Crippen LogP) is 3.15. The summed E-state index contributed by atoms with van der Waals surface area (Å²) in [7, 11) is 0. The van der Waals surface area contributed by atoms with Gasteiger partial charge in [-0.2, -0.15) is 4.98 Å². The van der Waals surface area contributed by atoms with Gasteiger partial charge >= 0.3 is 6.03 Å². The molecule has 1 saturated heterocycles. The second kappa shape index (κ2) is 7.23. The quantitative estimate of drug-likeness (QED) is 0.739. The molecule has 0 radical (unpaired) electrons. The molecular formula is C18H21FN4O3. The minimum absolute atomic E-state index is 0.0750. The Labute approximate surface area is 150 Å². The maximum Gasteiger partial charge on any atom is 0.332 e. The van der Waals surface area contributed by atoms with Crippen molar-refractivity contribution in [3.8, 4) is 0 Å². The average molecular weight is 360 g/mol. The van der Waals surface area contributed by atoms with E-state index in [0.717, 1.165) is 11.3 Å². The minimum Gasteiger partial charge on any atom is -0.337 e. The number of carbonyl (C=O) groups excluding carboxylic acids is 2. The molecule has 1 aliphatic heterocycles. The number of carbonyl (C=O) groups is 2. The molecule has 1 fully saturated rings. The fourth-order valence-electron chi connectivity index (χ4n) is 2.82.